The first-order valence-corrected chi connectivity index (χ1v) is 8.49. The molecule has 0 spiro atoms. The molecule has 3 heteroatoms. The minimum Gasteiger partial charge on any atom is -0.309 e. The highest BCUT2D eigenvalue weighted by atomic mass is 32.2. The van der Waals surface area contributed by atoms with Crippen molar-refractivity contribution in [2.45, 2.75) is 43.9 Å². The van der Waals surface area contributed by atoms with Crippen molar-refractivity contribution in [2.75, 3.05) is 12.8 Å². The summed E-state index contributed by atoms with van der Waals surface area (Å²) in [7, 11) is -0.766. The average molecular weight is 265 g/mol. The second-order valence-corrected chi connectivity index (χ2v) is 6.66. The first-order valence-electron chi connectivity index (χ1n) is 6.87. The lowest BCUT2D eigenvalue weighted by Gasteiger charge is -2.26. The van der Waals surface area contributed by atoms with E-state index in [1.54, 1.807) is 0 Å². The smallest absolute Gasteiger partial charge is 0.0540 e. The van der Waals surface area contributed by atoms with Crippen LogP contribution in [-0.4, -0.2) is 22.3 Å². The van der Waals surface area contributed by atoms with Crippen LogP contribution in [0.15, 0.2) is 24.3 Å². The van der Waals surface area contributed by atoms with E-state index in [2.05, 4.69) is 36.5 Å². The van der Waals surface area contributed by atoms with Crippen LogP contribution < -0.4 is 5.32 Å². The maximum absolute atomic E-state index is 12.0. The molecule has 2 rings (SSSR count). The van der Waals surface area contributed by atoms with Crippen molar-refractivity contribution in [3.05, 3.63) is 35.4 Å². The Bertz CT molecular complexity index is 419. The van der Waals surface area contributed by atoms with Gasteiger partial charge in [-0.1, -0.05) is 31.2 Å². The molecule has 0 amide bonds. The van der Waals surface area contributed by atoms with Crippen molar-refractivity contribution in [3.63, 3.8) is 0 Å². The van der Waals surface area contributed by atoms with Gasteiger partial charge in [-0.3, -0.25) is 4.21 Å². The van der Waals surface area contributed by atoms with Crippen LogP contribution in [-0.2, 0) is 17.2 Å². The predicted octanol–water partition coefficient (Wildman–Crippen LogP) is 2.81. The standard InChI is InChI=1S/C15H23NOS/c1-3-11-16-15-13-9-5-4-7-12(13)8-6-10-14(15)18(2)17/h4-5,7,9,14-16H,3,6,8,10-11H2,1-2H3. The van der Waals surface area contributed by atoms with Crippen LogP contribution >= 0.6 is 0 Å². The maximum Gasteiger partial charge on any atom is 0.0540 e. The van der Waals surface area contributed by atoms with E-state index in [4.69, 9.17) is 0 Å². The van der Waals surface area contributed by atoms with E-state index in [1.807, 2.05) is 6.26 Å². The van der Waals surface area contributed by atoms with Crippen LogP contribution in [0.25, 0.3) is 0 Å². The zero-order valence-corrected chi connectivity index (χ0v) is 12.1. The monoisotopic (exact) mass is 265 g/mol. The summed E-state index contributed by atoms with van der Waals surface area (Å²) in [5, 5.41) is 3.86. The Morgan fingerprint density at radius 1 is 1.39 bits per heavy atom. The van der Waals surface area contributed by atoms with E-state index in [0.29, 0.717) is 0 Å². The summed E-state index contributed by atoms with van der Waals surface area (Å²) < 4.78 is 12.0. The van der Waals surface area contributed by atoms with E-state index in [1.165, 1.54) is 11.1 Å². The van der Waals surface area contributed by atoms with Crippen molar-refractivity contribution in [2.24, 2.45) is 0 Å². The summed E-state index contributed by atoms with van der Waals surface area (Å²) in [4.78, 5) is 0. The summed E-state index contributed by atoms with van der Waals surface area (Å²) in [6, 6.07) is 8.89. The molecule has 1 aromatic rings. The highest BCUT2D eigenvalue weighted by Crippen LogP contribution is 2.31. The second kappa shape index (κ2) is 6.48. The number of aryl methyl sites for hydroxylation is 1. The maximum atomic E-state index is 12.0. The normalized spacial score (nSPS) is 25.2. The molecule has 1 aromatic carbocycles. The highest BCUT2D eigenvalue weighted by molar-refractivity contribution is 7.84. The van der Waals surface area contributed by atoms with Crippen molar-refractivity contribution in [3.8, 4) is 0 Å². The Hall–Kier alpha value is -0.670. The van der Waals surface area contributed by atoms with E-state index in [9.17, 15) is 4.21 Å². The largest absolute Gasteiger partial charge is 0.309 e. The molecule has 1 aliphatic carbocycles. The lowest BCUT2D eigenvalue weighted by molar-refractivity contribution is 0.492. The van der Waals surface area contributed by atoms with Crippen molar-refractivity contribution < 1.29 is 4.21 Å². The van der Waals surface area contributed by atoms with E-state index >= 15 is 0 Å². The van der Waals surface area contributed by atoms with Gasteiger partial charge >= 0.3 is 0 Å². The molecule has 0 heterocycles. The molecular formula is C15H23NOS. The van der Waals surface area contributed by atoms with Crippen LogP contribution in [0.2, 0.25) is 0 Å². The van der Waals surface area contributed by atoms with E-state index in [-0.39, 0.29) is 11.3 Å². The van der Waals surface area contributed by atoms with Crippen LogP contribution in [0.4, 0.5) is 0 Å². The van der Waals surface area contributed by atoms with E-state index in [0.717, 1.165) is 32.2 Å². The Morgan fingerprint density at radius 2 is 2.17 bits per heavy atom. The lowest BCUT2D eigenvalue weighted by Crippen LogP contribution is -2.34. The lowest BCUT2D eigenvalue weighted by atomic mass is 9.99. The Labute approximate surface area is 113 Å². The number of nitrogens with one attached hydrogen (secondary N) is 1. The first kappa shape index (κ1) is 13.8. The topological polar surface area (TPSA) is 29.1 Å². The average Bonchev–Trinajstić information content (AvgIpc) is 2.55. The second-order valence-electron chi connectivity index (χ2n) is 5.06. The zero-order chi connectivity index (χ0) is 13.0. The molecule has 0 radical (unpaired) electrons. The van der Waals surface area contributed by atoms with Crippen LogP contribution in [0.3, 0.4) is 0 Å². The number of fused-ring (bicyclic) bond motifs is 1. The molecule has 0 aliphatic heterocycles. The SMILES string of the molecule is CCCNC1c2ccccc2CCCC1S(C)=O. The molecule has 100 valence electrons. The summed E-state index contributed by atoms with van der Waals surface area (Å²) >= 11 is 0. The van der Waals surface area contributed by atoms with Crippen molar-refractivity contribution in [1.29, 1.82) is 0 Å². The molecule has 1 aliphatic rings. The molecule has 1 N–H and O–H groups in total. The molecule has 3 unspecified atom stereocenters. The van der Waals surface area contributed by atoms with Gasteiger partial charge < -0.3 is 5.32 Å². The summed E-state index contributed by atoms with van der Waals surface area (Å²) in [5.74, 6) is 0. The zero-order valence-electron chi connectivity index (χ0n) is 11.3. The van der Waals surface area contributed by atoms with Crippen molar-refractivity contribution in [1.82, 2.24) is 5.32 Å². The van der Waals surface area contributed by atoms with Gasteiger partial charge in [0.25, 0.3) is 0 Å². The van der Waals surface area contributed by atoms with Gasteiger partial charge in [-0.2, -0.15) is 0 Å². The molecule has 0 fully saturated rings. The van der Waals surface area contributed by atoms with Gasteiger partial charge in [-0.25, -0.2) is 0 Å². The molecule has 0 saturated heterocycles. The molecule has 0 bridgehead atoms. The van der Waals surface area contributed by atoms with Gasteiger partial charge in [0.15, 0.2) is 0 Å². The molecule has 0 saturated carbocycles. The molecule has 0 aromatic heterocycles. The predicted molar refractivity (Wildman–Crippen MR) is 78.3 cm³/mol. The first-order chi connectivity index (χ1) is 8.74. The number of hydrogen-bond donors (Lipinski definition) is 1. The molecule has 3 atom stereocenters. The van der Waals surface area contributed by atoms with E-state index < -0.39 is 10.8 Å². The van der Waals surface area contributed by atoms with Crippen molar-refractivity contribution >= 4 is 10.8 Å². The Kier molecular flexibility index (Phi) is 4.95. The number of hydrogen-bond acceptors (Lipinski definition) is 2. The third kappa shape index (κ3) is 3.01. The molecule has 18 heavy (non-hydrogen) atoms. The molecule has 2 nitrogen and oxygen atoms in total. The Balaban J connectivity index is 2.33. The fourth-order valence-electron chi connectivity index (χ4n) is 2.82. The summed E-state index contributed by atoms with van der Waals surface area (Å²) in [6.45, 7) is 3.17. The summed E-state index contributed by atoms with van der Waals surface area (Å²) in [5.41, 5.74) is 2.79. The van der Waals surface area contributed by atoms with Crippen LogP contribution in [0, 0.1) is 0 Å². The molecular weight excluding hydrogens is 242 g/mol. The highest BCUT2D eigenvalue weighted by Gasteiger charge is 2.29. The minimum atomic E-state index is -0.766. The number of rotatable bonds is 4. The van der Waals surface area contributed by atoms with Gasteiger partial charge in [0.05, 0.1) is 5.25 Å². The van der Waals surface area contributed by atoms with Gasteiger partial charge in [-0.15, -0.1) is 0 Å². The van der Waals surface area contributed by atoms with Crippen LogP contribution in [0.5, 0.6) is 0 Å². The summed E-state index contributed by atoms with van der Waals surface area (Å²) in [6.07, 6.45) is 6.28. The third-order valence-corrected chi connectivity index (χ3v) is 5.10. The van der Waals surface area contributed by atoms with Gasteiger partial charge in [0.1, 0.15) is 0 Å². The van der Waals surface area contributed by atoms with Crippen LogP contribution in [0.1, 0.15) is 43.4 Å². The quantitative estimate of drug-likeness (QED) is 0.848. The van der Waals surface area contributed by atoms with Gasteiger partial charge in [0, 0.05) is 23.1 Å². The Morgan fingerprint density at radius 3 is 2.89 bits per heavy atom. The number of benzene rings is 1. The van der Waals surface area contributed by atoms with Gasteiger partial charge in [0.2, 0.25) is 0 Å². The minimum absolute atomic E-state index is 0.250. The van der Waals surface area contributed by atoms with Gasteiger partial charge in [-0.05, 0) is 43.4 Å². The third-order valence-electron chi connectivity index (χ3n) is 3.74. The fourth-order valence-corrected chi connectivity index (χ4v) is 3.95. The fraction of sp³-hybridized carbons (Fsp3) is 0.600.